The van der Waals surface area contributed by atoms with Crippen LogP contribution >= 0.6 is 7.82 Å². The normalized spacial score (nSPS) is 16.6. The van der Waals surface area contributed by atoms with Crippen LogP contribution in [0.15, 0.2) is 11.5 Å². The molecule has 28 heteroatoms. The van der Waals surface area contributed by atoms with Crippen LogP contribution in [0.1, 0.15) is 162 Å². The fourth-order valence-corrected chi connectivity index (χ4v) is 8.35. The Hall–Kier alpha value is -4.99. The maximum absolute atomic E-state index is 13.7. The van der Waals surface area contributed by atoms with Gasteiger partial charge in [0.15, 0.2) is 11.9 Å². The van der Waals surface area contributed by atoms with Crippen molar-refractivity contribution >= 4 is 55.3 Å². The van der Waals surface area contributed by atoms with Crippen molar-refractivity contribution in [3.8, 4) is 0 Å². The van der Waals surface area contributed by atoms with Gasteiger partial charge in [-0.25, -0.2) is 14.2 Å². The molecular weight excluding hydrogens is 1040 g/mol. The SMILES string of the molecule is CCCCCCCCCCCCCCCCOC(COC(=O)CCC(=O)NC(CCCCN)C(=O)NC(C(=O)NC(C(=O)NC(CCCCN)C(=O)NC(CO)C(=O)O)C(C)O)C(C)O)C1OC(=O)C(OP(=O)(O)O)=C1O. The van der Waals surface area contributed by atoms with Gasteiger partial charge in [0, 0.05) is 13.0 Å². The number of carbonyl (C=O) groups excluding carboxylic acids is 7. The van der Waals surface area contributed by atoms with Crippen LogP contribution in [0.4, 0.5) is 0 Å². The minimum absolute atomic E-state index is 0.0398. The van der Waals surface area contributed by atoms with Crippen molar-refractivity contribution in [1.82, 2.24) is 26.6 Å². The van der Waals surface area contributed by atoms with E-state index in [-0.39, 0.29) is 45.4 Å². The molecule has 9 atom stereocenters. The Morgan fingerprint density at radius 3 is 1.57 bits per heavy atom. The van der Waals surface area contributed by atoms with Gasteiger partial charge < -0.3 is 82.3 Å². The summed E-state index contributed by atoms with van der Waals surface area (Å²) in [4.78, 5) is 122. The molecule has 444 valence electrons. The first-order chi connectivity index (χ1) is 36.5. The number of carbonyl (C=O) groups is 8. The largest absolute Gasteiger partial charge is 0.525 e. The van der Waals surface area contributed by atoms with Crippen molar-refractivity contribution in [2.75, 3.05) is 32.9 Å². The highest BCUT2D eigenvalue weighted by Crippen LogP contribution is 2.42. The molecule has 0 spiro atoms. The van der Waals surface area contributed by atoms with E-state index in [1.54, 1.807) is 0 Å². The van der Waals surface area contributed by atoms with Crippen LogP contribution in [-0.4, -0.2) is 170 Å². The lowest BCUT2D eigenvalue weighted by Gasteiger charge is -2.29. The lowest BCUT2D eigenvalue weighted by Crippen LogP contribution is -2.62. The Bertz CT molecular complexity index is 1910. The lowest BCUT2D eigenvalue weighted by atomic mass is 10.0. The highest BCUT2D eigenvalue weighted by atomic mass is 31.2. The van der Waals surface area contributed by atoms with E-state index >= 15 is 0 Å². The molecule has 0 aromatic heterocycles. The Balaban J connectivity index is 3.00. The van der Waals surface area contributed by atoms with Gasteiger partial charge in [-0.15, -0.1) is 0 Å². The van der Waals surface area contributed by atoms with Crippen molar-refractivity contribution in [3.05, 3.63) is 11.5 Å². The van der Waals surface area contributed by atoms with E-state index in [4.69, 9.17) is 25.7 Å². The van der Waals surface area contributed by atoms with Crippen LogP contribution in [0.3, 0.4) is 0 Å². The number of carboxylic acid groups (broad SMARTS) is 1. The Labute approximate surface area is 450 Å². The molecule has 0 saturated carbocycles. The molecule has 16 N–H and O–H groups in total. The first-order valence-electron chi connectivity index (χ1n) is 26.8. The number of carboxylic acids is 1. The van der Waals surface area contributed by atoms with Crippen molar-refractivity contribution in [3.63, 3.8) is 0 Å². The number of hydrogen-bond acceptors (Lipinski definition) is 19. The van der Waals surface area contributed by atoms with E-state index in [1.807, 2.05) is 0 Å². The van der Waals surface area contributed by atoms with E-state index in [1.165, 1.54) is 51.4 Å². The standard InChI is InChI=1S/C49H88N7O20P/c1-4-5-6-7-8-9-10-11-12-13-14-15-16-21-28-73-36(42-41(62)43(49(69)75-42)76-77(70,71)72)30-74-38(61)25-24-37(60)52-33(22-17-19-26-50)45(64)55-40(32(3)59)47(66)56-39(31(2)58)46(65)53-34(23-18-20-27-51)44(63)54-35(29-57)48(67)68/h31-36,39-40,42,57-59,62H,4-30,50-51H2,1-3H3,(H,52,60)(H,53,65)(H,54,63)(H,55,64)(H,56,66)(H,67,68)(H2,70,71,72). The van der Waals surface area contributed by atoms with Crippen LogP contribution < -0.4 is 38.1 Å². The predicted molar refractivity (Wildman–Crippen MR) is 276 cm³/mol. The van der Waals surface area contributed by atoms with Crippen LogP contribution in [0.2, 0.25) is 0 Å². The molecule has 0 bridgehead atoms. The van der Waals surface area contributed by atoms with Crippen LogP contribution in [0.5, 0.6) is 0 Å². The average Bonchev–Trinajstić information content (AvgIpc) is 3.63. The second-order valence-electron chi connectivity index (χ2n) is 19.1. The van der Waals surface area contributed by atoms with Crippen molar-refractivity contribution < 1.29 is 97.0 Å². The van der Waals surface area contributed by atoms with Crippen molar-refractivity contribution in [2.24, 2.45) is 11.5 Å². The maximum Gasteiger partial charge on any atom is 0.525 e. The number of phosphoric ester groups is 1. The molecule has 0 aromatic rings. The smallest absolute Gasteiger partial charge is 0.505 e. The number of cyclic esters (lactones) is 1. The highest BCUT2D eigenvalue weighted by Gasteiger charge is 2.45. The Kier molecular flexibility index (Phi) is 35.8. The number of hydrogen-bond donors (Lipinski definition) is 14. The second-order valence-corrected chi connectivity index (χ2v) is 20.3. The molecule has 0 radical (unpaired) electrons. The van der Waals surface area contributed by atoms with Gasteiger partial charge in [0.05, 0.1) is 25.2 Å². The predicted octanol–water partition coefficient (Wildman–Crippen LogP) is 0.501. The van der Waals surface area contributed by atoms with Crippen molar-refractivity contribution in [2.45, 2.75) is 217 Å². The summed E-state index contributed by atoms with van der Waals surface area (Å²) >= 11 is 0. The molecule has 1 aliphatic heterocycles. The summed E-state index contributed by atoms with van der Waals surface area (Å²) in [6.45, 7) is 3.33. The van der Waals surface area contributed by atoms with Gasteiger partial charge in [-0.05, 0) is 71.9 Å². The number of aliphatic carboxylic acids is 1. The number of aliphatic hydroxyl groups is 4. The third-order valence-corrected chi connectivity index (χ3v) is 12.8. The molecule has 77 heavy (non-hydrogen) atoms. The second kappa shape index (κ2) is 39.4. The van der Waals surface area contributed by atoms with Gasteiger partial charge in [0.2, 0.25) is 29.5 Å². The number of ether oxygens (including phenoxy) is 3. The Morgan fingerprint density at radius 1 is 0.649 bits per heavy atom. The molecular formula is C49H88N7O20P. The number of esters is 2. The van der Waals surface area contributed by atoms with Gasteiger partial charge in [-0.3, -0.25) is 38.6 Å². The summed E-state index contributed by atoms with van der Waals surface area (Å²) in [5, 5.41) is 62.0. The molecule has 9 unspecified atom stereocenters. The number of rotatable bonds is 45. The summed E-state index contributed by atoms with van der Waals surface area (Å²) in [5.74, 6) is -11.2. The molecule has 0 aromatic carbocycles. The fourth-order valence-electron chi connectivity index (χ4n) is 7.95. The molecule has 0 fully saturated rings. The number of unbranched alkanes of at least 4 members (excludes halogenated alkanes) is 15. The van der Waals surface area contributed by atoms with E-state index in [0.717, 1.165) is 46.0 Å². The van der Waals surface area contributed by atoms with E-state index in [0.29, 0.717) is 19.3 Å². The maximum atomic E-state index is 13.7. The topological polar surface area (TPSA) is 444 Å². The summed E-state index contributed by atoms with van der Waals surface area (Å²) in [5.41, 5.74) is 11.2. The first kappa shape index (κ1) is 70.0. The molecule has 0 saturated heterocycles. The number of amides is 5. The lowest BCUT2D eigenvalue weighted by molar-refractivity contribution is -0.159. The number of nitrogens with two attached hydrogens (primary N) is 2. The summed E-state index contributed by atoms with van der Waals surface area (Å²) < 4.78 is 32.1. The van der Waals surface area contributed by atoms with Gasteiger partial charge in [0.1, 0.15) is 42.9 Å². The van der Waals surface area contributed by atoms with Gasteiger partial charge in [0.25, 0.3) is 5.76 Å². The van der Waals surface area contributed by atoms with Gasteiger partial charge >= 0.3 is 25.7 Å². The zero-order chi connectivity index (χ0) is 57.9. The molecule has 1 aliphatic rings. The monoisotopic (exact) mass is 1130 g/mol. The number of aliphatic hydroxyl groups excluding tert-OH is 4. The summed E-state index contributed by atoms with van der Waals surface area (Å²) in [6, 6.07) is -8.10. The summed E-state index contributed by atoms with van der Waals surface area (Å²) in [6.07, 6.45) is 9.28. The fraction of sp³-hybridized carbons (Fsp3) is 0.796. The van der Waals surface area contributed by atoms with Crippen LogP contribution in [-0.2, 0) is 61.7 Å². The molecule has 5 amide bonds. The summed E-state index contributed by atoms with van der Waals surface area (Å²) in [7, 11) is -5.31. The van der Waals surface area contributed by atoms with E-state index < -0.39 is 147 Å². The number of phosphoric acid groups is 1. The van der Waals surface area contributed by atoms with E-state index in [9.17, 15) is 78.2 Å². The minimum Gasteiger partial charge on any atom is -0.505 e. The number of nitrogens with one attached hydrogen (secondary N) is 5. The first-order valence-corrected chi connectivity index (χ1v) is 28.3. The Morgan fingerprint density at radius 2 is 1.10 bits per heavy atom. The van der Waals surface area contributed by atoms with Crippen LogP contribution in [0, 0.1) is 0 Å². The van der Waals surface area contributed by atoms with Gasteiger partial charge in [-0.1, -0.05) is 90.4 Å². The molecule has 1 heterocycles. The van der Waals surface area contributed by atoms with Crippen molar-refractivity contribution in [1.29, 1.82) is 0 Å². The zero-order valence-electron chi connectivity index (χ0n) is 44.8. The third kappa shape index (κ3) is 29.5. The van der Waals surface area contributed by atoms with Crippen LogP contribution in [0.25, 0.3) is 0 Å². The average molecular weight is 1130 g/mol. The molecule has 1 rings (SSSR count). The van der Waals surface area contributed by atoms with E-state index in [2.05, 4.69) is 38.0 Å². The zero-order valence-corrected chi connectivity index (χ0v) is 45.7. The molecule has 27 nitrogen and oxygen atoms in total. The third-order valence-electron chi connectivity index (χ3n) is 12.4. The molecule has 0 aliphatic carbocycles. The minimum atomic E-state index is -5.31. The van der Waals surface area contributed by atoms with Gasteiger partial charge in [-0.2, -0.15) is 0 Å². The quantitative estimate of drug-likeness (QED) is 0.0224. The highest BCUT2D eigenvalue weighted by molar-refractivity contribution is 7.46.